The van der Waals surface area contributed by atoms with Gasteiger partial charge in [-0.15, -0.1) is 10.2 Å². The molecule has 2 aromatic heterocycles. The summed E-state index contributed by atoms with van der Waals surface area (Å²) in [6.45, 7) is 0.638. The second-order valence-corrected chi connectivity index (χ2v) is 8.00. The predicted molar refractivity (Wildman–Crippen MR) is 115 cm³/mol. The first-order valence-corrected chi connectivity index (χ1v) is 10.7. The van der Waals surface area contributed by atoms with E-state index in [2.05, 4.69) is 15.2 Å². The summed E-state index contributed by atoms with van der Waals surface area (Å²) in [6.07, 6.45) is 3.93. The van der Waals surface area contributed by atoms with Crippen molar-refractivity contribution >= 4 is 34.3 Å². The van der Waals surface area contributed by atoms with E-state index in [-0.39, 0.29) is 5.56 Å². The van der Waals surface area contributed by atoms with Crippen LogP contribution in [0.5, 0.6) is 0 Å². The third-order valence-corrected chi connectivity index (χ3v) is 5.77. The molecule has 2 aromatic carbocycles. The summed E-state index contributed by atoms with van der Waals surface area (Å²) in [4.78, 5) is 16.8. The van der Waals surface area contributed by atoms with Crippen molar-refractivity contribution in [3.8, 4) is 0 Å². The lowest BCUT2D eigenvalue weighted by molar-refractivity contribution is 0.420. The molecule has 0 aliphatic carbocycles. The van der Waals surface area contributed by atoms with Gasteiger partial charge in [0.15, 0.2) is 0 Å². The molecular formula is C21H19ClN4O2S. The fourth-order valence-electron chi connectivity index (χ4n) is 2.98. The molecule has 0 radical (unpaired) electrons. The van der Waals surface area contributed by atoms with Crippen LogP contribution in [0.15, 0.2) is 69.3 Å². The molecule has 148 valence electrons. The fraction of sp³-hybridized carbons (Fsp3) is 0.238. The van der Waals surface area contributed by atoms with Crippen LogP contribution < -0.4 is 5.56 Å². The third-order valence-electron chi connectivity index (χ3n) is 4.50. The molecule has 6 nitrogen and oxygen atoms in total. The van der Waals surface area contributed by atoms with Crippen LogP contribution in [0.1, 0.15) is 24.3 Å². The van der Waals surface area contributed by atoms with Crippen molar-refractivity contribution in [3.63, 3.8) is 0 Å². The number of aromatic nitrogens is 4. The lowest BCUT2D eigenvalue weighted by Gasteiger charge is -2.06. The van der Waals surface area contributed by atoms with Gasteiger partial charge >= 0.3 is 0 Å². The Morgan fingerprint density at radius 2 is 1.86 bits per heavy atom. The molecule has 0 unspecified atom stereocenters. The average Bonchev–Trinajstić information content (AvgIpc) is 3.18. The number of unbranched alkanes of at least 4 members (excludes halogenated alkanes) is 1. The van der Waals surface area contributed by atoms with E-state index in [1.807, 2.05) is 48.5 Å². The number of hydrogen-bond donors (Lipinski definition) is 0. The molecule has 8 heteroatoms. The van der Waals surface area contributed by atoms with Crippen LogP contribution in [0, 0.1) is 0 Å². The Balaban J connectivity index is 1.25. The summed E-state index contributed by atoms with van der Waals surface area (Å²) in [5, 5.41) is 10.1. The largest absolute Gasteiger partial charge is 0.416 e. The minimum Gasteiger partial charge on any atom is -0.416 e. The van der Waals surface area contributed by atoms with Gasteiger partial charge < -0.3 is 4.42 Å². The molecule has 29 heavy (non-hydrogen) atoms. The molecule has 0 saturated carbocycles. The maximum atomic E-state index is 12.5. The Morgan fingerprint density at radius 3 is 2.76 bits per heavy atom. The van der Waals surface area contributed by atoms with Crippen molar-refractivity contribution in [3.05, 3.63) is 81.7 Å². The lowest BCUT2D eigenvalue weighted by atomic mass is 10.1. The molecule has 0 saturated heterocycles. The Kier molecular flexibility index (Phi) is 6.27. The number of nitrogens with zero attached hydrogens (tertiary/aromatic N) is 4. The van der Waals surface area contributed by atoms with Crippen molar-refractivity contribution in [2.75, 3.05) is 5.75 Å². The zero-order valence-electron chi connectivity index (χ0n) is 15.6. The number of hydrogen-bond acceptors (Lipinski definition) is 6. The second kappa shape index (κ2) is 9.24. The maximum Gasteiger partial charge on any atom is 0.276 e. The number of thioether (sulfide) groups is 1. The predicted octanol–water partition coefficient (Wildman–Crippen LogP) is 4.60. The van der Waals surface area contributed by atoms with Gasteiger partial charge in [0.2, 0.25) is 5.89 Å². The summed E-state index contributed by atoms with van der Waals surface area (Å²) in [6, 6.07) is 15.0. The topological polar surface area (TPSA) is 73.8 Å². The van der Waals surface area contributed by atoms with Crippen LogP contribution in [0.25, 0.3) is 10.9 Å². The van der Waals surface area contributed by atoms with Crippen LogP contribution in [0.4, 0.5) is 0 Å². The smallest absolute Gasteiger partial charge is 0.276 e. The van der Waals surface area contributed by atoms with E-state index in [1.54, 1.807) is 10.9 Å². The van der Waals surface area contributed by atoms with E-state index in [4.69, 9.17) is 16.0 Å². The van der Waals surface area contributed by atoms with E-state index in [0.29, 0.717) is 34.5 Å². The van der Waals surface area contributed by atoms with Gasteiger partial charge in [0.05, 0.1) is 23.7 Å². The SMILES string of the molecule is O=c1c2ccccc2ncn1CCCCSc1nnc(Cc2ccccc2Cl)o1. The molecule has 4 rings (SSSR count). The molecule has 0 atom stereocenters. The van der Waals surface area contributed by atoms with Crippen molar-refractivity contribution in [1.82, 2.24) is 19.7 Å². The molecule has 0 bridgehead atoms. The highest BCUT2D eigenvalue weighted by atomic mass is 35.5. The zero-order chi connectivity index (χ0) is 20.1. The number of halogens is 1. The number of rotatable bonds is 8. The van der Waals surface area contributed by atoms with Crippen LogP contribution in [0.3, 0.4) is 0 Å². The fourth-order valence-corrected chi connectivity index (χ4v) is 3.96. The van der Waals surface area contributed by atoms with Gasteiger partial charge in [-0.25, -0.2) is 4.98 Å². The van der Waals surface area contributed by atoms with Crippen LogP contribution in [-0.4, -0.2) is 25.5 Å². The van der Waals surface area contributed by atoms with Crippen molar-refractivity contribution in [1.29, 1.82) is 0 Å². The maximum absolute atomic E-state index is 12.5. The molecule has 0 fully saturated rings. The Hall–Kier alpha value is -2.64. The molecule has 0 N–H and O–H groups in total. The Morgan fingerprint density at radius 1 is 1.03 bits per heavy atom. The highest BCUT2D eigenvalue weighted by molar-refractivity contribution is 7.99. The van der Waals surface area contributed by atoms with E-state index in [9.17, 15) is 4.79 Å². The molecule has 0 amide bonds. The summed E-state index contributed by atoms with van der Waals surface area (Å²) in [5.41, 5.74) is 1.70. The molecule has 4 aromatic rings. The summed E-state index contributed by atoms with van der Waals surface area (Å²) >= 11 is 7.69. The lowest BCUT2D eigenvalue weighted by Crippen LogP contribution is -2.20. The Bertz CT molecular complexity index is 1170. The monoisotopic (exact) mass is 426 g/mol. The van der Waals surface area contributed by atoms with Gasteiger partial charge in [0, 0.05) is 17.3 Å². The van der Waals surface area contributed by atoms with E-state index in [0.717, 1.165) is 29.7 Å². The first-order chi connectivity index (χ1) is 14.2. The van der Waals surface area contributed by atoms with Gasteiger partial charge in [-0.2, -0.15) is 0 Å². The van der Waals surface area contributed by atoms with Gasteiger partial charge in [-0.05, 0) is 36.6 Å². The van der Waals surface area contributed by atoms with E-state index >= 15 is 0 Å². The highest BCUT2D eigenvalue weighted by Crippen LogP contribution is 2.22. The van der Waals surface area contributed by atoms with Gasteiger partial charge in [0.25, 0.3) is 10.8 Å². The standard InChI is InChI=1S/C21H19ClN4O2S/c22-17-9-3-1-7-15(17)13-19-24-25-21(28-19)29-12-6-5-11-26-14-23-18-10-4-2-8-16(18)20(26)27/h1-4,7-10,14H,5-6,11-13H2. The summed E-state index contributed by atoms with van der Waals surface area (Å²) in [7, 11) is 0. The first kappa shape index (κ1) is 19.7. The molecule has 0 aliphatic heterocycles. The van der Waals surface area contributed by atoms with Crippen molar-refractivity contribution < 1.29 is 4.42 Å². The molecule has 0 spiro atoms. The molecular weight excluding hydrogens is 408 g/mol. The van der Waals surface area contributed by atoms with Crippen molar-refractivity contribution in [2.24, 2.45) is 0 Å². The number of fused-ring (bicyclic) bond motifs is 1. The summed E-state index contributed by atoms with van der Waals surface area (Å²) in [5.74, 6) is 1.39. The minimum absolute atomic E-state index is 0.00405. The number of para-hydroxylation sites is 1. The normalized spacial score (nSPS) is 11.2. The third kappa shape index (κ3) is 4.86. The summed E-state index contributed by atoms with van der Waals surface area (Å²) < 4.78 is 7.36. The van der Waals surface area contributed by atoms with Gasteiger partial charge in [0.1, 0.15) is 0 Å². The van der Waals surface area contributed by atoms with E-state index in [1.165, 1.54) is 11.8 Å². The van der Waals surface area contributed by atoms with Gasteiger partial charge in [-0.3, -0.25) is 9.36 Å². The van der Waals surface area contributed by atoms with Crippen LogP contribution in [-0.2, 0) is 13.0 Å². The van der Waals surface area contributed by atoms with Gasteiger partial charge in [-0.1, -0.05) is 53.7 Å². The number of aryl methyl sites for hydroxylation is 1. The second-order valence-electron chi connectivity index (χ2n) is 6.55. The van der Waals surface area contributed by atoms with Crippen molar-refractivity contribution in [2.45, 2.75) is 31.0 Å². The highest BCUT2D eigenvalue weighted by Gasteiger charge is 2.09. The number of benzene rings is 2. The zero-order valence-corrected chi connectivity index (χ0v) is 17.2. The van der Waals surface area contributed by atoms with Crippen LogP contribution >= 0.6 is 23.4 Å². The van der Waals surface area contributed by atoms with Crippen LogP contribution in [0.2, 0.25) is 5.02 Å². The molecule has 2 heterocycles. The first-order valence-electron chi connectivity index (χ1n) is 9.33. The minimum atomic E-state index is 0.00405. The van der Waals surface area contributed by atoms with E-state index < -0.39 is 0 Å². The molecule has 0 aliphatic rings. The Labute approximate surface area is 176 Å². The quantitative estimate of drug-likeness (QED) is 0.303. The average molecular weight is 427 g/mol.